The summed E-state index contributed by atoms with van der Waals surface area (Å²) in [5, 5.41) is 9.21. The van der Waals surface area contributed by atoms with Gasteiger partial charge in [-0.15, -0.1) is 11.3 Å². The topological polar surface area (TPSA) is 53.4 Å². The number of carboxylic acids is 1. The SMILES string of the molecule is Cc1cnccc1C(c1ccc(Br)s1)N1CCC(C(=O)O)CC1. The van der Waals surface area contributed by atoms with Gasteiger partial charge < -0.3 is 5.11 Å². The summed E-state index contributed by atoms with van der Waals surface area (Å²) in [7, 11) is 0. The predicted octanol–water partition coefficient (Wildman–Crippen LogP) is 4.10. The second kappa shape index (κ2) is 7.11. The highest BCUT2D eigenvalue weighted by molar-refractivity contribution is 9.11. The van der Waals surface area contributed by atoms with Gasteiger partial charge in [-0.3, -0.25) is 14.7 Å². The van der Waals surface area contributed by atoms with Gasteiger partial charge in [0.2, 0.25) is 0 Å². The van der Waals surface area contributed by atoms with Crippen LogP contribution in [0.15, 0.2) is 34.4 Å². The third-order valence-electron chi connectivity index (χ3n) is 4.47. The first-order chi connectivity index (χ1) is 11.1. The molecule has 0 amide bonds. The molecule has 1 atom stereocenters. The number of halogens is 1. The maximum absolute atomic E-state index is 11.2. The molecule has 1 fully saturated rings. The van der Waals surface area contributed by atoms with Crippen molar-refractivity contribution in [3.05, 3.63) is 50.4 Å². The number of pyridine rings is 1. The van der Waals surface area contributed by atoms with Crippen LogP contribution >= 0.6 is 27.3 Å². The summed E-state index contributed by atoms with van der Waals surface area (Å²) in [6, 6.07) is 6.48. The van der Waals surface area contributed by atoms with Gasteiger partial charge in [0.05, 0.1) is 15.7 Å². The van der Waals surface area contributed by atoms with Crippen molar-refractivity contribution >= 4 is 33.2 Å². The number of carboxylic acid groups (broad SMARTS) is 1. The molecule has 0 saturated carbocycles. The van der Waals surface area contributed by atoms with Gasteiger partial charge in [-0.1, -0.05) is 0 Å². The van der Waals surface area contributed by atoms with E-state index in [-0.39, 0.29) is 12.0 Å². The first-order valence-corrected chi connectivity index (χ1v) is 9.30. The van der Waals surface area contributed by atoms with Crippen LogP contribution in [0, 0.1) is 12.8 Å². The molecule has 0 spiro atoms. The van der Waals surface area contributed by atoms with Crippen molar-refractivity contribution in [2.75, 3.05) is 13.1 Å². The number of aliphatic carboxylic acids is 1. The molecule has 1 N–H and O–H groups in total. The fraction of sp³-hybridized carbons (Fsp3) is 0.412. The molecule has 3 rings (SSSR count). The minimum Gasteiger partial charge on any atom is -0.481 e. The van der Waals surface area contributed by atoms with Crippen molar-refractivity contribution in [1.82, 2.24) is 9.88 Å². The van der Waals surface area contributed by atoms with Crippen LogP contribution in [0.5, 0.6) is 0 Å². The lowest BCUT2D eigenvalue weighted by atomic mass is 9.93. The number of nitrogens with zero attached hydrogens (tertiary/aromatic N) is 2. The van der Waals surface area contributed by atoms with Crippen LogP contribution in [0.2, 0.25) is 0 Å². The van der Waals surface area contributed by atoms with E-state index in [1.165, 1.54) is 16.0 Å². The minimum atomic E-state index is -0.667. The van der Waals surface area contributed by atoms with Crippen molar-refractivity contribution in [2.45, 2.75) is 25.8 Å². The van der Waals surface area contributed by atoms with Crippen molar-refractivity contribution < 1.29 is 9.90 Å². The van der Waals surface area contributed by atoms with Gasteiger partial charge in [0, 0.05) is 17.3 Å². The molecule has 23 heavy (non-hydrogen) atoms. The largest absolute Gasteiger partial charge is 0.481 e. The molecule has 6 heteroatoms. The first-order valence-electron chi connectivity index (χ1n) is 7.69. The van der Waals surface area contributed by atoms with Gasteiger partial charge in [0.15, 0.2) is 0 Å². The molecular weight excluding hydrogens is 376 g/mol. The Labute approximate surface area is 148 Å². The Bertz CT molecular complexity index is 695. The second-order valence-corrected chi connectivity index (χ2v) is 8.42. The quantitative estimate of drug-likeness (QED) is 0.847. The maximum Gasteiger partial charge on any atom is 0.306 e. The number of carbonyl (C=O) groups is 1. The number of hydrogen-bond donors (Lipinski definition) is 1. The van der Waals surface area contributed by atoms with Crippen LogP contribution in [-0.4, -0.2) is 34.0 Å². The van der Waals surface area contributed by atoms with Gasteiger partial charge in [0.1, 0.15) is 0 Å². The van der Waals surface area contributed by atoms with E-state index in [1.54, 1.807) is 11.3 Å². The number of aromatic nitrogens is 1. The third kappa shape index (κ3) is 3.65. The van der Waals surface area contributed by atoms with Crippen LogP contribution in [0.1, 0.15) is 34.9 Å². The highest BCUT2D eigenvalue weighted by atomic mass is 79.9. The zero-order chi connectivity index (χ0) is 16.4. The van der Waals surface area contributed by atoms with Crippen LogP contribution < -0.4 is 0 Å². The Morgan fingerprint density at radius 3 is 2.70 bits per heavy atom. The summed E-state index contributed by atoms with van der Waals surface area (Å²) in [6.45, 7) is 3.69. The molecule has 0 aromatic carbocycles. The number of thiophene rings is 1. The van der Waals surface area contributed by atoms with Gasteiger partial charge >= 0.3 is 5.97 Å². The van der Waals surface area contributed by atoms with Gasteiger partial charge in [-0.25, -0.2) is 0 Å². The molecule has 1 unspecified atom stereocenters. The lowest BCUT2D eigenvalue weighted by Crippen LogP contribution is -2.39. The van der Waals surface area contributed by atoms with Crippen LogP contribution in [0.25, 0.3) is 0 Å². The Hall–Kier alpha value is -1.24. The Kier molecular flexibility index (Phi) is 5.14. The summed E-state index contributed by atoms with van der Waals surface area (Å²) >= 11 is 5.29. The molecular formula is C17H19BrN2O2S. The van der Waals surface area contributed by atoms with Crippen molar-refractivity contribution in [3.63, 3.8) is 0 Å². The minimum absolute atomic E-state index is 0.170. The smallest absolute Gasteiger partial charge is 0.306 e. The van der Waals surface area contributed by atoms with Crippen molar-refractivity contribution in [2.24, 2.45) is 5.92 Å². The second-order valence-electron chi connectivity index (χ2n) is 5.93. The van der Waals surface area contributed by atoms with Crippen molar-refractivity contribution in [3.8, 4) is 0 Å². The number of rotatable bonds is 4. The predicted molar refractivity (Wildman–Crippen MR) is 94.8 cm³/mol. The van der Waals surface area contributed by atoms with E-state index in [9.17, 15) is 9.90 Å². The Morgan fingerprint density at radius 2 is 2.13 bits per heavy atom. The monoisotopic (exact) mass is 394 g/mol. The molecule has 122 valence electrons. The summed E-state index contributed by atoms with van der Waals surface area (Å²) in [4.78, 5) is 19.1. The average Bonchev–Trinajstić information content (AvgIpc) is 2.96. The Morgan fingerprint density at radius 1 is 1.39 bits per heavy atom. The van der Waals surface area contributed by atoms with E-state index in [4.69, 9.17) is 0 Å². The van der Waals surface area contributed by atoms with Gasteiger partial charge in [-0.2, -0.15) is 0 Å². The normalized spacial score (nSPS) is 18.0. The lowest BCUT2D eigenvalue weighted by Gasteiger charge is -2.36. The molecule has 0 bridgehead atoms. The highest BCUT2D eigenvalue weighted by Gasteiger charge is 2.31. The van der Waals surface area contributed by atoms with E-state index in [0.717, 1.165) is 16.9 Å². The van der Waals surface area contributed by atoms with Crippen LogP contribution in [0.4, 0.5) is 0 Å². The molecule has 3 heterocycles. The highest BCUT2D eigenvalue weighted by Crippen LogP contribution is 2.38. The Balaban J connectivity index is 1.91. The molecule has 2 aromatic heterocycles. The fourth-order valence-corrected chi connectivity index (χ4v) is 4.78. The summed E-state index contributed by atoms with van der Waals surface area (Å²) < 4.78 is 1.12. The molecule has 4 nitrogen and oxygen atoms in total. The maximum atomic E-state index is 11.2. The van der Waals surface area contributed by atoms with E-state index >= 15 is 0 Å². The summed E-state index contributed by atoms with van der Waals surface area (Å²) in [5.74, 6) is -0.874. The molecule has 1 aliphatic heterocycles. The van der Waals surface area contributed by atoms with E-state index < -0.39 is 5.97 Å². The van der Waals surface area contributed by atoms with E-state index in [1.807, 2.05) is 12.4 Å². The molecule has 1 saturated heterocycles. The van der Waals surface area contributed by atoms with Crippen LogP contribution in [0.3, 0.4) is 0 Å². The molecule has 2 aromatic rings. The summed E-state index contributed by atoms with van der Waals surface area (Å²) in [5.41, 5.74) is 2.42. The van der Waals surface area contributed by atoms with Gasteiger partial charge in [0.25, 0.3) is 0 Å². The molecule has 0 radical (unpaired) electrons. The molecule has 0 aliphatic carbocycles. The zero-order valence-electron chi connectivity index (χ0n) is 12.9. The number of aryl methyl sites for hydroxylation is 1. The summed E-state index contributed by atoms with van der Waals surface area (Å²) in [6.07, 6.45) is 5.15. The first kappa shape index (κ1) is 16.6. The van der Waals surface area contributed by atoms with E-state index in [0.29, 0.717) is 12.8 Å². The number of hydrogen-bond acceptors (Lipinski definition) is 4. The number of likely N-dealkylation sites (tertiary alicyclic amines) is 1. The van der Waals surface area contributed by atoms with Crippen LogP contribution in [-0.2, 0) is 4.79 Å². The van der Waals surface area contributed by atoms with Gasteiger partial charge in [-0.05, 0) is 78.1 Å². The third-order valence-corrected chi connectivity index (χ3v) is 6.14. The standard InChI is InChI=1S/C17H19BrN2O2S/c1-11-10-19-7-4-13(11)16(14-2-3-15(18)23-14)20-8-5-12(6-9-20)17(21)22/h2-4,7,10,12,16H,5-6,8-9H2,1H3,(H,21,22). The molecule has 1 aliphatic rings. The van der Waals surface area contributed by atoms with E-state index in [2.05, 4.69) is 50.9 Å². The average molecular weight is 395 g/mol. The lowest BCUT2D eigenvalue weighted by molar-refractivity contribution is -0.143. The zero-order valence-corrected chi connectivity index (χ0v) is 15.3. The van der Waals surface area contributed by atoms with Crippen molar-refractivity contribution in [1.29, 1.82) is 0 Å². The number of piperidine rings is 1. The fourth-order valence-electron chi connectivity index (χ4n) is 3.20.